The first-order valence-electron chi connectivity index (χ1n) is 8.64. The third-order valence-corrected chi connectivity index (χ3v) is 6.57. The van der Waals surface area contributed by atoms with Crippen LogP contribution in [0.3, 0.4) is 0 Å². The van der Waals surface area contributed by atoms with Crippen molar-refractivity contribution in [3.05, 3.63) is 109 Å². The van der Waals surface area contributed by atoms with Crippen LogP contribution in [0.1, 0.15) is 5.56 Å². The van der Waals surface area contributed by atoms with Gasteiger partial charge in [0.2, 0.25) is 0 Å². The Labute approximate surface area is 155 Å². The summed E-state index contributed by atoms with van der Waals surface area (Å²) in [6.07, 6.45) is 4.68. The Morgan fingerprint density at radius 1 is 0.538 bits per heavy atom. The fourth-order valence-electron chi connectivity index (χ4n) is 2.92. The van der Waals surface area contributed by atoms with Gasteiger partial charge in [-0.05, 0) is 41.0 Å². The predicted molar refractivity (Wildman–Crippen MR) is 110 cm³/mol. The summed E-state index contributed by atoms with van der Waals surface area (Å²) >= 11 is 0. The van der Waals surface area contributed by atoms with Gasteiger partial charge in [0.25, 0.3) is 0 Å². The van der Waals surface area contributed by atoms with Crippen LogP contribution in [0.4, 0.5) is 0 Å². The lowest BCUT2D eigenvalue weighted by molar-refractivity contribution is 1.33. The normalized spacial score (nSPS) is 10.8. The van der Waals surface area contributed by atoms with Gasteiger partial charge in [0, 0.05) is 26.5 Å². The average Bonchev–Trinajstić information content (AvgIpc) is 2.74. The third kappa shape index (κ3) is 3.87. The van der Waals surface area contributed by atoms with E-state index in [2.05, 4.69) is 82.8 Å². The second-order valence-electron chi connectivity index (χ2n) is 6.02. The maximum absolute atomic E-state index is 4.61. The summed E-state index contributed by atoms with van der Waals surface area (Å²) in [5.41, 5.74) is 6.04. The molecular formula is C23H19N2P. The van der Waals surface area contributed by atoms with Crippen LogP contribution >= 0.6 is 7.92 Å². The summed E-state index contributed by atoms with van der Waals surface area (Å²) in [6.45, 7) is 0. The Hall–Kier alpha value is -2.83. The Balaban J connectivity index is 1.62. The van der Waals surface area contributed by atoms with Crippen LogP contribution in [-0.4, -0.2) is 9.97 Å². The van der Waals surface area contributed by atoms with Crippen molar-refractivity contribution >= 4 is 18.8 Å². The monoisotopic (exact) mass is 354 g/mol. The maximum atomic E-state index is 4.61. The molecule has 4 aromatic rings. The highest BCUT2D eigenvalue weighted by molar-refractivity contribution is 7.71. The molecular weight excluding hydrogens is 335 g/mol. The second-order valence-corrected chi connectivity index (χ2v) is 8.11. The molecule has 0 saturated carbocycles. The van der Waals surface area contributed by atoms with Crippen LogP contribution in [0.5, 0.6) is 0 Å². The largest absolute Gasteiger partial charge is 0.256 e. The van der Waals surface area contributed by atoms with Gasteiger partial charge in [0.15, 0.2) is 0 Å². The SMILES string of the molecule is c1ccc(-c2ccc(CP(c3ccccn3)c3ccccn3)cc2)cc1. The Morgan fingerprint density at radius 3 is 1.62 bits per heavy atom. The van der Waals surface area contributed by atoms with Crippen molar-refractivity contribution in [1.29, 1.82) is 0 Å². The molecule has 3 heteroatoms. The van der Waals surface area contributed by atoms with Crippen molar-refractivity contribution in [3.63, 3.8) is 0 Å². The van der Waals surface area contributed by atoms with Crippen molar-refractivity contribution in [2.75, 3.05) is 0 Å². The summed E-state index contributed by atoms with van der Waals surface area (Å²) in [6, 6.07) is 31.6. The molecule has 0 saturated heterocycles. The maximum Gasteiger partial charge on any atom is 0.0695 e. The molecule has 2 aromatic heterocycles. The Kier molecular flexibility index (Phi) is 5.14. The molecule has 0 aliphatic heterocycles. The molecule has 2 nitrogen and oxygen atoms in total. The molecule has 0 unspecified atom stereocenters. The van der Waals surface area contributed by atoms with E-state index < -0.39 is 7.92 Å². The van der Waals surface area contributed by atoms with E-state index in [9.17, 15) is 0 Å². The van der Waals surface area contributed by atoms with E-state index in [4.69, 9.17) is 0 Å². The van der Waals surface area contributed by atoms with Gasteiger partial charge in [0.1, 0.15) is 0 Å². The van der Waals surface area contributed by atoms with Gasteiger partial charge in [-0.1, -0.05) is 66.7 Å². The first-order chi connectivity index (χ1) is 12.9. The lowest BCUT2D eigenvalue weighted by Gasteiger charge is -2.17. The van der Waals surface area contributed by atoms with Crippen molar-refractivity contribution in [1.82, 2.24) is 9.97 Å². The van der Waals surface area contributed by atoms with Gasteiger partial charge < -0.3 is 0 Å². The second kappa shape index (κ2) is 8.03. The highest BCUT2D eigenvalue weighted by atomic mass is 31.1. The molecule has 0 bridgehead atoms. The molecule has 0 aliphatic carbocycles. The summed E-state index contributed by atoms with van der Waals surface area (Å²) in [4.78, 5) is 9.21. The molecule has 0 radical (unpaired) electrons. The minimum Gasteiger partial charge on any atom is -0.256 e. The lowest BCUT2D eigenvalue weighted by atomic mass is 10.0. The zero-order chi connectivity index (χ0) is 17.6. The number of aromatic nitrogens is 2. The highest BCUT2D eigenvalue weighted by Gasteiger charge is 2.16. The van der Waals surface area contributed by atoms with E-state index in [-0.39, 0.29) is 0 Å². The van der Waals surface area contributed by atoms with E-state index in [0.717, 1.165) is 17.0 Å². The van der Waals surface area contributed by atoms with Crippen molar-refractivity contribution < 1.29 is 0 Å². The van der Waals surface area contributed by atoms with E-state index in [1.807, 2.05) is 30.6 Å². The van der Waals surface area contributed by atoms with Crippen LogP contribution in [0.25, 0.3) is 11.1 Å². The standard InChI is InChI=1S/C23H19N2P/c1-2-8-20(9-3-1)21-14-12-19(13-15-21)18-26(22-10-4-6-16-24-22)23-11-5-7-17-25-23/h1-17H,18H2. The predicted octanol–water partition coefficient (Wildman–Crippen LogP) is 4.78. The van der Waals surface area contributed by atoms with Crippen LogP contribution in [0.2, 0.25) is 0 Å². The van der Waals surface area contributed by atoms with Crippen LogP contribution in [0, 0.1) is 0 Å². The van der Waals surface area contributed by atoms with Gasteiger partial charge in [-0.25, -0.2) is 0 Å². The molecule has 2 aromatic carbocycles. The summed E-state index contributed by atoms with van der Waals surface area (Å²) < 4.78 is 0. The van der Waals surface area contributed by atoms with Crippen molar-refractivity contribution in [3.8, 4) is 11.1 Å². The number of benzene rings is 2. The third-order valence-electron chi connectivity index (χ3n) is 4.25. The smallest absolute Gasteiger partial charge is 0.0695 e. The molecule has 0 fully saturated rings. The highest BCUT2D eigenvalue weighted by Crippen LogP contribution is 2.36. The van der Waals surface area contributed by atoms with E-state index >= 15 is 0 Å². The average molecular weight is 354 g/mol. The van der Waals surface area contributed by atoms with E-state index in [0.29, 0.717) is 0 Å². The fourth-order valence-corrected chi connectivity index (χ4v) is 5.00. The number of hydrogen-bond acceptors (Lipinski definition) is 2. The lowest BCUT2D eigenvalue weighted by Crippen LogP contribution is -2.18. The molecule has 126 valence electrons. The van der Waals surface area contributed by atoms with Crippen molar-refractivity contribution in [2.45, 2.75) is 6.16 Å². The molecule has 0 aliphatic rings. The first kappa shape index (κ1) is 16.6. The van der Waals surface area contributed by atoms with Crippen LogP contribution < -0.4 is 10.9 Å². The fraction of sp³-hybridized carbons (Fsp3) is 0.0435. The number of nitrogens with zero attached hydrogens (tertiary/aromatic N) is 2. The number of rotatable bonds is 5. The van der Waals surface area contributed by atoms with Crippen LogP contribution in [-0.2, 0) is 6.16 Å². The van der Waals surface area contributed by atoms with Gasteiger partial charge in [-0.2, -0.15) is 0 Å². The summed E-state index contributed by atoms with van der Waals surface area (Å²) in [5.74, 6) is 0. The first-order valence-corrected chi connectivity index (χ1v) is 10.2. The van der Waals surface area contributed by atoms with E-state index in [1.54, 1.807) is 0 Å². The minimum absolute atomic E-state index is 0.613. The molecule has 2 heterocycles. The van der Waals surface area contributed by atoms with Gasteiger partial charge >= 0.3 is 0 Å². The Bertz CT molecular complexity index is 900. The quantitative estimate of drug-likeness (QED) is 0.482. The van der Waals surface area contributed by atoms with Crippen molar-refractivity contribution in [2.24, 2.45) is 0 Å². The van der Waals surface area contributed by atoms with E-state index in [1.165, 1.54) is 16.7 Å². The van der Waals surface area contributed by atoms with Gasteiger partial charge in [-0.15, -0.1) is 0 Å². The van der Waals surface area contributed by atoms with Gasteiger partial charge in [0.05, 0.1) is 10.9 Å². The summed E-state index contributed by atoms with van der Waals surface area (Å²) in [5, 5.41) is 0. The molecule has 26 heavy (non-hydrogen) atoms. The molecule has 0 amide bonds. The van der Waals surface area contributed by atoms with Crippen LogP contribution in [0.15, 0.2) is 103 Å². The molecule has 0 N–H and O–H groups in total. The minimum atomic E-state index is -0.613. The zero-order valence-electron chi connectivity index (χ0n) is 14.4. The Morgan fingerprint density at radius 2 is 1.08 bits per heavy atom. The number of hydrogen-bond donors (Lipinski definition) is 0. The zero-order valence-corrected chi connectivity index (χ0v) is 15.3. The summed E-state index contributed by atoms with van der Waals surface area (Å²) in [7, 11) is -0.613. The number of pyridine rings is 2. The molecule has 0 atom stereocenters. The molecule has 0 spiro atoms. The topological polar surface area (TPSA) is 25.8 Å². The van der Waals surface area contributed by atoms with Gasteiger partial charge in [-0.3, -0.25) is 9.97 Å². The molecule has 4 rings (SSSR count).